The van der Waals surface area contributed by atoms with Gasteiger partial charge in [-0.15, -0.1) is 13.2 Å². The Morgan fingerprint density at radius 1 is 1.30 bits per heavy atom. The molecule has 0 spiro atoms. The van der Waals surface area contributed by atoms with Gasteiger partial charge in [-0.3, -0.25) is 8.98 Å². The fourth-order valence-electron chi connectivity index (χ4n) is 2.08. The summed E-state index contributed by atoms with van der Waals surface area (Å²) in [4.78, 5) is 13.0. The maximum atomic E-state index is 13.6. The van der Waals surface area contributed by atoms with Gasteiger partial charge in [0.15, 0.2) is 17.7 Å². The zero-order chi connectivity index (χ0) is 17.4. The molecule has 1 aromatic rings. The minimum Gasteiger partial charge on any atom is -0.403 e. The molecule has 1 unspecified atom stereocenters. The van der Waals surface area contributed by atoms with Crippen molar-refractivity contribution >= 4 is 21.7 Å². The molecule has 1 aliphatic heterocycles. The van der Waals surface area contributed by atoms with Crippen molar-refractivity contribution in [2.24, 2.45) is 0 Å². The van der Waals surface area contributed by atoms with Gasteiger partial charge in [0.1, 0.15) is 0 Å². The van der Waals surface area contributed by atoms with Gasteiger partial charge in [0, 0.05) is 24.7 Å². The number of hydrogen-bond acceptors (Lipinski definition) is 5. The third-order valence-corrected chi connectivity index (χ3v) is 3.48. The summed E-state index contributed by atoms with van der Waals surface area (Å²) in [7, 11) is -3.85. The van der Waals surface area contributed by atoms with Gasteiger partial charge >= 0.3 is 6.36 Å². The Bertz CT molecular complexity index is 719. The fraction of sp³-hybridized carbons (Fsp3) is 0.417. The molecule has 1 aromatic carbocycles. The van der Waals surface area contributed by atoms with Crippen LogP contribution in [0.25, 0.3) is 0 Å². The van der Waals surface area contributed by atoms with Crippen LogP contribution >= 0.6 is 0 Å². The molecule has 0 aromatic heterocycles. The van der Waals surface area contributed by atoms with Crippen molar-refractivity contribution in [1.82, 2.24) is 0 Å². The van der Waals surface area contributed by atoms with Crippen molar-refractivity contribution < 1.29 is 39.7 Å². The molecule has 1 aliphatic rings. The number of halogens is 4. The smallest absolute Gasteiger partial charge is 0.403 e. The van der Waals surface area contributed by atoms with Gasteiger partial charge in [-0.25, -0.2) is 4.39 Å². The molecule has 1 heterocycles. The molecule has 0 radical (unpaired) electrons. The number of nitrogens with zero attached hydrogens (tertiary/aromatic N) is 1. The van der Waals surface area contributed by atoms with Crippen molar-refractivity contribution in [3.8, 4) is 5.75 Å². The maximum absolute atomic E-state index is 13.6. The summed E-state index contributed by atoms with van der Waals surface area (Å²) in [6.07, 6.45) is -5.44. The first-order valence-electron chi connectivity index (χ1n) is 6.21. The lowest BCUT2D eigenvalue weighted by Crippen LogP contribution is -2.31. The van der Waals surface area contributed by atoms with E-state index >= 15 is 0 Å². The van der Waals surface area contributed by atoms with Crippen LogP contribution in [0.4, 0.5) is 23.2 Å². The van der Waals surface area contributed by atoms with Gasteiger partial charge in [-0.05, 0) is 12.1 Å². The average molecular weight is 357 g/mol. The first kappa shape index (κ1) is 17.5. The van der Waals surface area contributed by atoms with Crippen LogP contribution in [0, 0.1) is 5.82 Å². The Hall–Kier alpha value is -1.88. The summed E-state index contributed by atoms with van der Waals surface area (Å²) in [6, 6.07) is 2.49. The summed E-state index contributed by atoms with van der Waals surface area (Å²) >= 11 is 0. The average Bonchev–Trinajstić information content (AvgIpc) is 2.70. The number of rotatable bonds is 4. The van der Waals surface area contributed by atoms with Crippen molar-refractivity contribution in [3.63, 3.8) is 0 Å². The van der Waals surface area contributed by atoms with Crippen LogP contribution in [0.2, 0.25) is 0 Å². The minimum absolute atomic E-state index is 0.0263. The largest absolute Gasteiger partial charge is 0.573 e. The van der Waals surface area contributed by atoms with Gasteiger partial charge in [0.25, 0.3) is 16.0 Å². The highest BCUT2D eigenvalue weighted by atomic mass is 32.2. The molecule has 11 heteroatoms. The minimum atomic E-state index is -5.04. The Kier molecular flexibility index (Phi) is 4.53. The highest BCUT2D eigenvalue weighted by Crippen LogP contribution is 2.31. The second-order valence-corrected chi connectivity index (χ2v) is 6.33. The molecule has 1 amide bonds. The topological polar surface area (TPSA) is 72.9 Å². The normalized spacial score (nSPS) is 19.3. The molecule has 0 bridgehead atoms. The van der Waals surface area contributed by atoms with Crippen LogP contribution in [0.1, 0.15) is 6.42 Å². The number of carbonyl (C=O) groups is 1. The van der Waals surface area contributed by atoms with E-state index in [1.807, 2.05) is 0 Å². The lowest BCUT2D eigenvalue weighted by Gasteiger charge is -2.18. The van der Waals surface area contributed by atoms with Gasteiger partial charge in [0.2, 0.25) is 0 Å². The number of hydrogen-bond donors (Lipinski definition) is 0. The molecule has 0 aliphatic carbocycles. The van der Waals surface area contributed by atoms with Crippen LogP contribution in [-0.4, -0.2) is 39.6 Å². The SMILES string of the molecule is CS(=O)(=O)OC1CCN(c2ccc(OC(F)(F)F)c(F)c2)C1=O. The number of alkyl halides is 3. The first-order valence-corrected chi connectivity index (χ1v) is 8.03. The predicted molar refractivity (Wildman–Crippen MR) is 69.8 cm³/mol. The summed E-state index contributed by atoms with van der Waals surface area (Å²) in [5.41, 5.74) is -0.0263. The zero-order valence-corrected chi connectivity index (χ0v) is 12.4. The van der Waals surface area contributed by atoms with E-state index in [2.05, 4.69) is 8.92 Å². The predicted octanol–water partition coefficient (Wildman–Crippen LogP) is 1.81. The number of benzene rings is 1. The van der Waals surface area contributed by atoms with Crippen molar-refractivity contribution in [2.45, 2.75) is 18.9 Å². The first-order chi connectivity index (χ1) is 10.5. The lowest BCUT2D eigenvalue weighted by molar-refractivity contribution is -0.275. The summed E-state index contributed by atoms with van der Waals surface area (Å²) in [5.74, 6) is -3.06. The van der Waals surface area contributed by atoms with Crippen molar-refractivity contribution in [2.75, 3.05) is 17.7 Å². The second kappa shape index (κ2) is 5.96. The molecule has 0 N–H and O–H groups in total. The standard InChI is InChI=1S/C12H11F4NO5S/c1-23(19,20)22-10-4-5-17(11(10)18)7-2-3-9(8(13)6-7)21-12(14,15)16/h2-3,6,10H,4-5H2,1H3. The van der Waals surface area contributed by atoms with Crippen LogP contribution in [0.3, 0.4) is 0 Å². The highest BCUT2D eigenvalue weighted by molar-refractivity contribution is 7.86. The van der Waals surface area contributed by atoms with Crippen LogP contribution < -0.4 is 9.64 Å². The molecule has 1 saturated heterocycles. The molecule has 23 heavy (non-hydrogen) atoms. The Morgan fingerprint density at radius 3 is 2.48 bits per heavy atom. The Morgan fingerprint density at radius 2 is 1.96 bits per heavy atom. The molecular formula is C12H11F4NO5S. The van der Waals surface area contributed by atoms with Crippen LogP contribution in [-0.2, 0) is 19.1 Å². The third kappa shape index (κ3) is 4.55. The summed E-state index contributed by atoms with van der Waals surface area (Å²) in [5, 5.41) is 0. The molecule has 0 saturated carbocycles. The number of carbonyl (C=O) groups excluding carboxylic acids is 1. The second-order valence-electron chi connectivity index (χ2n) is 4.73. The van der Waals surface area contributed by atoms with E-state index in [9.17, 15) is 30.8 Å². The quantitative estimate of drug-likeness (QED) is 0.607. The van der Waals surface area contributed by atoms with E-state index in [0.29, 0.717) is 6.07 Å². The van der Waals surface area contributed by atoms with Gasteiger partial charge in [0.05, 0.1) is 6.26 Å². The van der Waals surface area contributed by atoms with E-state index in [-0.39, 0.29) is 18.7 Å². The lowest BCUT2D eigenvalue weighted by atomic mass is 10.2. The molecule has 1 fully saturated rings. The maximum Gasteiger partial charge on any atom is 0.573 e. The van der Waals surface area contributed by atoms with Crippen LogP contribution in [0.5, 0.6) is 5.75 Å². The van der Waals surface area contributed by atoms with Crippen molar-refractivity contribution in [1.29, 1.82) is 0 Å². The van der Waals surface area contributed by atoms with E-state index in [0.717, 1.165) is 23.3 Å². The number of amides is 1. The zero-order valence-electron chi connectivity index (χ0n) is 11.6. The van der Waals surface area contributed by atoms with E-state index in [4.69, 9.17) is 0 Å². The fourth-order valence-corrected chi connectivity index (χ4v) is 2.68. The number of ether oxygens (including phenoxy) is 1. The number of anilines is 1. The Labute approximate surface area is 128 Å². The van der Waals surface area contributed by atoms with Crippen molar-refractivity contribution in [3.05, 3.63) is 24.0 Å². The molecular weight excluding hydrogens is 346 g/mol. The summed E-state index contributed by atoms with van der Waals surface area (Å²) < 4.78 is 80.0. The van der Waals surface area contributed by atoms with E-state index in [1.165, 1.54) is 0 Å². The van der Waals surface area contributed by atoms with E-state index < -0.39 is 40.1 Å². The molecule has 2 rings (SSSR count). The van der Waals surface area contributed by atoms with Crippen LogP contribution in [0.15, 0.2) is 18.2 Å². The Balaban J connectivity index is 2.17. The monoisotopic (exact) mass is 357 g/mol. The highest BCUT2D eigenvalue weighted by Gasteiger charge is 2.37. The molecule has 1 atom stereocenters. The van der Waals surface area contributed by atoms with Gasteiger partial charge in [-0.1, -0.05) is 0 Å². The molecule has 6 nitrogen and oxygen atoms in total. The summed E-state index contributed by atoms with van der Waals surface area (Å²) in [6.45, 7) is 0.0396. The van der Waals surface area contributed by atoms with Gasteiger partial charge in [-0.2, -0.15) is 8.42 Å². The molecule has 128 valence electrons. The van der Waals surface area contributed by atoms with E-state index in [1.54, 1.807) is 0 Å². The van der Waals surface area contributed by atoms with Gasteiger partial charge < -0.3 is 9.64 Å². The third-order valence-electron chi connectivity index (χ3n) is 2.90.